The number of H-pyrrole nitrogens is 1. The summed E-state index contributed by atoms with van der Waals surface area (Å²) in [6.07, 6.45) is -5.18. The van der Waals surface area contributed by atoms with Crippen molar-refractivity contribution >= 4 is 112 Å². The van der Waals surface area contributed by atoms with Crippen molar-refractivity contribution in [3.05, 3.63) is 18.2 Å². The normalized spacial score (nSPS) is 14.2. The zero-order valence-corrected chi connectivity index (χ0v) is 51.0. The van der Waals surface area contributed by atoms with Crippen molar-refractivity contribution in [2.75, 3.05) is 39.5 Å². The number of carboxylic acid groups (broad SMARTS) is 4. The first-order chi connectivity index (χ1) is 45.0. The van der Waals surface area contributed by atoms with Crippen LogP contribution in [0.5, 0.6) is 0 Å². The Balaban J connectivity index is 3.29. The monoisotopic (exact) mass is 1370 g/mol. The molecule has 1 rings (SSSR count). The van der Waals surface area contributed by atoms with Gasteiger partial charge in [0, 0.05) is 31.2 Å². The number of primary amides is 3. The molecule has 96 heavy (non-hydrogen) atoms. The summed E-state index contributed by atoms with van der Waals surface area (Å²) in [6, 6.07) is -20.8. The van der Waals surface area contributed by atoms with Crippen LogP contribution in [0.4, 0.5) is 0 Å². The van der Waals surface area contributed by atoms with Gasteiger partial charge in [-0.25, -0.2) is 9.78 Å². The maximum absolute atomic E-state index is 13.7. The number of unbranched alkanes of at least 4 members (excludes halogenated alkanes) is 1. The lowest BCUT2D eigenvalue weighted by Gasteiger charge is -2.26. The second-order valence-corrected chi connectivity index (χ2v) is 20.7. The van der Waals surface area contributed by atoms with Crippen molar-refractivity contribution in [3.63, 3.8) is 0 Å². The van der Waals surface area contributed by atoms with Crippen LogP contribution in [0.1, 0.15) is 76.3 Å². The standard InChI is InChI=1S/C51H79N19O26/c52-8-2-1-3-23(42(86)58-16-37(78)62-31(18-72)50(94)66-26(9-21-14-57-20-60-21)46(90)64-25(5-7-38(79)80)45(89)70-32(19-73)51(95)96)61-36(77)15-59-43(87)27(10-34(55)75)67-47(91)28(11-35(56)76)68-49(93)30(13-40(83)84)69-44(88)24(4-6-33(54)74)63-48(92)29(12-39(81)82)65-41(85)22(53)17-71/h14,20,22-32,71-73H,1-13,15-19,52-53H2,(H2,54,74)(H2,55,75)(H2,56,76)(H,57,60)(H,58,86)(H,59,87)(H,61,77)(H,62,78)(H,63,92)(H,64,90)(H,65,85)(H,66,94)(H,67,91)(H,68,93)(H,69,88)(H,70,89)(H,79,80)(H,81,82)(H,83,84)(H,95,96)/t22-,23-,24-,25-,26-,27-,28-,29-,30-,31-,32-/m0/s1. The van der Waals surface area contributed by atoms with Gasteiger partial charge in [0.25, 0.3) is 0 Å². The number of aliphatic hydroxyl groups is 3. The smallest absolute Gasteiger partial charge is 0.328 e. The van der Waals surface area contributed by atoms with Crippen molar-refractivity contribution in [1.82, 2.24) is 73.8 Å². The number of carbonyl (C=O) groups is 19. The average Bonchev–Trinajstić information content (AvgIpc) is 1.59. The predicted octanol–water partition coefficient (Wildman–Crippen LogP) is -14.6. The number of carbonyl (C=O) groups excluding carboxylic acids is 15. The number of hydrogen-bond acceptors (Lipinski definition) is 25. The number of nitrogens with one attached hydrogen (secondary N) is 13. The van der Waals surface area contributed by atoms with E-state index in [1.165, 1.54) is 12.5 Å². The average molecular weight is 1370 g/mol. The predicted molar refractivity (Wildman–Crippen MR) is 315 cm³/mol. The minimum atomic E-state index is -2.26. The fourth-order valence-corrected chi connectivity index (χ4v) is 7.99. The summed E-state index contributed by atoms with van der Waals surface area (Å²) in [4.78, 5) is 249. The zero-order valence-electron chi connectivity index (χ0n) is 51.0. The zero-order chi connectivity index (χ0) is 72.9. The van der Waals surface area contributed by atoms with Crippen LogP contribution in [0.25, 0.3) is 0 Å². The molecule has 1 heterocycles. The topological polar surface area (TPSA) is 769 Å². The molecule has 0 saturated heterocycles. The molecule has 1 aromatic rings. The third-order valence-electron chi connectivity index (χ3n) is 12.9. The van der Waals surface area contributed by atoms with Crippen molar-refractivity contribution < 1.29 is 127 Å². The van der Waals surface area contributed by atoms with Crippen LogP contribution < -0.4 is 92.5 Å². The molecule has 45 nitrogen and oxygen atoms in total. The minimum Gasteiger partial charge on any atom is -0.481 e. The molecule has 0 aliphatic carbocycles. The van der Waals surface area contributed by atoms with Crippen molar-refractivity contribution in [2.24, 2.45) is 28.7 Å². The molecule has 11 atom stereocenters. The third-order valence-corrected chi connectivity index (χ3v) is 12.9. The number of aliphatic carboxylic acids is 4. The number of amides is 15. The first kappa shape index (κ1) is 83.0. The lowest BCUT2D eigenvalue weighted by Crippen LogP contribution is -2.60. The first-order valence-corrected chi connectivity index (χ1v) is 28.6. The van der Waals surface area contributed by atoms with E-state index in [0.29, 0.717) is 0 Å². The summed E-state index contributed by atoms with van der Waals surface area (Å²) in [7, 11) is 0. The number of rotatable bonds is 48. The molecule has 0 aliphatic rings. The summed E-state index contributed by atoms with van der Waals surface area (Å²) in [5, 5.41) is 91.0. The maximum Gasteiger partial charge on any atom is 0.328 e. The molecular weight excluding hydrogens is 1290 g/mol. The van der Waals surface area contributed by atoms with E-state index < -0.39 is 270 Å². The molecule has 0 radical (unpaired) electrons. The molecule has 534 valence electrons. The number of nitrogens with two attached hydrogens (primary N) is 5. The Kier molecular flexibility index (Phi) is 37.1. The molecule has 0 fully saturated rings. The van der Waals surface area contributed by atoms with Gasteiger partial charge in [-0.15, -0.1) is 0 Å². The van der Waals surface area contributed by atoms with Crippen LogP contribution in [0.15, 0.2) is 12.5 Å². The molecule has 15 amide bonds. The fourth-order valence-electron chi connectivity index (χ4n) is 7.99. The minimum absolute atomic E-state index is 0.0968. The van der Waals surface area contributed by atoms with Crippen molar-refractivity contribution in [3.8, 4) is 0 Å². The van der Waals surface area contributed by atoms with Crippen molar-refractivity contribution in [2.45, 2.75) is 144 Å². The summed E-state index contributed by atoms with van der Waals surface area (Å²) < 4.78 is 0. The summed E-state index contributed by atoms with van der Waals surface area (Å²) >= 11 is 0. The number of aromatic nitrogens is 2. The highest BCUT2D eigenvalue weighted by atomic mass is 16.4. The number of aromatic amines is 1. The molecule has 0 aromatic carbocycles. The summed E-state index contributed by atoms with van der Waals surface area (Å²) in [6.45, 7) is -5.11. The third kappa shape index (κ3) is 32.5. The van der Waals surface area contributed by atoms with Crippen LogP contribution in [-0.2, 0) is 97.5 Å². The van der Waals surface area contributed by atoms with Gasteiger partial charge in [0.1, 0.15) is 66.5 Å². The second kappa shape index (κ2) is 43.0. The highest BCUT2D eigenvalue weighted by molar-refractivity contribution is 6.01. The van der Waals surface area contributed by atoms with E-state index in [0.717, 1.165) is 0 Å². The Morgan fingerprint density at radius 2 is 0.781 bits per heavy atom. The van der Waals surface area contributed by atoms with Gasteiger partial charge >= 0.3 is 23.9 Å². The SMILES string of the molecule is NCCCC[C@H](NC(=O)CNC(=O)[C@H](CC(N)=O)NC(=O)[C@H](CC(N)=O)NC(=O)[C@H](CC(=O)O)NC(=O)[C@H](CCC(N)=O)NC(=O)[C@H](CC(=O)O)NC(=O)[C@@H](N)CO)C(=O)NCC(=O)N[C@@H](CO)C(=O)N[C@@H](Cc1cnc[nH]1)C(=O)N[C@@H](CCC(=O)O)C(=O)N[C@@H](CO)C(=O)O. The molecule has 0 spiro atoms. The van der Waals surface area contributed by atoms with Crippen LogP contribution in [-0.4, -0.2) is 264 Å². The van der Waals surface area contributed by atoms with E-state index in [-0.39, 0.29) is 31.5 Å². The fraction of sp³-hybridized carbons (Fsp3) is 0.569. The Morgan fingerprint density at radius 1 is 0.406 bits per heavy atom. The lowest BCUT2D eigenvalue weighted by molar-refractivity contribution is -0.144. The first-order valence-electron chi connectivity index (χ1n) is 28.6. The van der Waals surface area contributed by atoms with Gasteiger partial charge in [-0.2, -0.15) is 0 Å². The molecule has 0 saturated carbocycles. The molecular formula is C51H79N19O26. The lowest BCUT2D eigenvalue weighted by atomic mass is 10.1. The van der Waals surface area contributed by atoms with E-state index in [9.17, 15) is 127 Å². The van der Waals surface area contributed by atoms with Gasteiger partial charge in [-0.05, 0) is 38.6 Å². The number of imidazole rings is 1. The molecule has 0 aliphatic heterocycles. The van der Waals surface area contributed by atoms with E-state index in [1.54, 1.807) is 0 Å². The molecule has 45 heteroatoms. The van der Waals surface area contributed by atoms with E-state index in [4.69, 9.17) is 28.7 Å². The quantitative estimate of drug-likeness (QED) is 0.0269. The Morgan fingerprint density at radius 3 is 1.19 bits per heavy atom. The van der Waals surface area contributed by atoms with E-state index >= 15 is 0 Å². The summed E-state index contributed by atoms with van der Waals surface area (Å²) in [5.41, 5.74) is 27.0. The van der Waals surface area contributed by atoms with E-state index in [2.05, 4.69) is 41.9 Å². The van der Waals surface area contributed by atoms with E-state index in [1.807, 2.05) is 31.9 Å². The van der Waals surface area contributed by atoms with Gasteiger partial charge in [0.2, 0.25) is 88.6 Å². The Bertz CT molecular complexity index is 2970. The Hall–Kier alpha value is -11.1. The highest BCUT2D eigenvalue weighted by Gasteiger charge is 2.37. The number of nitrogens with zero attached hydrogens (tertiary/aromatic N) is 1. The molecule has 1 aromatic heterocycles. The number of hydrogen-bond donors (Lipinski definition) is 25. The number of carboxylic acids is 4. The molecule has 0 unspecified atom stereocenters. The largest absolute Gasteiger partial charge is 0.481 e. The van der Waals surface area contributed by atoms with Gasteiger partial charge < -0.3 is 133 Å². The molecule has 30 N–H and O–H groups in total. The van der Waals surface area contributed by atoms with Gasteiger partial charge in [0.15, 0.2) is 0 Å². The summed E-state index contributed by atoms with van der Waals surface area (Å²) in [5.74, 6) is -25.8. The van der Waals surface area contributed by atoms with Crippen LogP contribution >= 0.6 is 0 Å². The van der Waals surface area contributed by atoms with Gasteiger partial charge in [-0.3, -0.25) is 86.3 Å². The van der Waals surface area contributed by atoms with Crippen LogP contribution in [0.3, 0.4) is 0 Å². The molecule has 0 bridgehead atoms. The van der Waals surface area contributed by atoms with Crippen LogP contribution in [0, 0.1) is 0 Å². The Labute approximate surface area is 541 Å². The highest BCUT2D eigenvalue weighted by Crippen LogP contribution is 2.09. The maximum atomic E-state index is 13.7. The number of aliphatic hydroxyl groups excluding tert-OH is 3. The van der Waals surface area contributed by atoms with Gasteiger partial charge in [-0.1, -0.05) is 0 Å². The second-order valence-electron chi connectivity index (χ2n) is 20.7. The van der Waals surface area contributed by atoms with Crippen LogP contribution in [0.2, 0.25) is 0 Å². The van der Waals surface area contributed by atoms with Crippen molar-refractivity contribution in [1.29, 1.82) is 0 Å². The van der Waals surface area contributed by atoms with Gasteiger partial charge in [0.05, 0.1) is 64.9 Å².